The zero-order valence-corrected chi connectivity index (χ0v) is 65.8. The van der Waals surface area contributed by atoms with E-state index in [0.717, 1.165) is 154 Å². The molecule has 0 aliphatic rings. The van der Waals surface area contributed by atoms with Crippen LogP contribution >= 0.6 is 15.6 Å². The van der Waals surface area contributed by atoms with Gasteiger partial charge in [-0.25, -0.2) is 9.13 Å². The fraction of sp³-hybridized carbons (Fsp3) is 0.711. The van der Waals surface area contributed by atoms with Gasteiger partial charge >= 0.3 is 39.5 Å². The largest absolute Gasteiger partial charge is 0.472 e. The molecule has 0 rings (SSSR count). The summed E-state index contributed by atoms with van der Waals surface area (Å²) in [5.41, 5.74) is 0. The van der Waals surface area contributed by atoms with E-state index >= 15 is 0 Å². The molecule has 586 valence electrons. The first-order valence-electron chi connectivity index (χ1n) is 39.8. The SMILES string of the molecule is CC/C=C\C/C=C\C/C=C\C/C=C\C/C=C\CCCCCC(=O)OCC(COP(=O)(O)OCC(O)COP(=O)(O)OCC(COC(=O)CCCC/C=C\C/C=C\C/C=C\C/C=C\CC)OC(=O)CCCCCCCCCCCCCCC)OC(=O)CCCCCCC/C=C\CCCCCCCC. The van der Waals surface area contributed by atoms with Gasteiger partial charge in [0.25, 0.3) is 0 Å². The van der Waals surface area contributed by atoms with E-state index in [9.17, 15) is 43.2 Å². The van der Waals surface area contributed by atoms with Crippen LogP contribution in [0.2, 0.25) is 0 Å². The summed E-state index contributed by atoms with van der Waals surface area (Å²) >= 11 is 0. The van der Waals surface area contributed by atoms with Crippen LogP contribution in [-0.2, 0) is 65.4 Å². The zero-order chi connectivity index (χ0) is 74.6. The third-order valence-electron chi connectivity index (χ3n) is 16.4. The molecule has 0 aliphatic heterocycles. The summed E-state index contributed by atoms with van der Waals surface area (Å²) in [5.74, 6) is -2.26. The number of aliphatic hydroxyl groups excluding tert-OH is 1. The molecule has 0 saturated carbocycles. The van der Waals surface area contributed by atoms with Gasteiger partial charge in [-0.2, -0.15) is 0 Å². The van der Waals surface area contributed by atoms with E-state index < -0.39 is 97.5 Å². The molecule has 17 nitrogen and oxygen atoms in total. The Morgan fingerprint density at radius 3 is 0.824 bits per heavy atom. The maximum absolute atomic E-state index is 13.1. The minimum absolute atomic E-state index is 0.0752. The molecule has 5 atom stereocenters. The number of ether oxygens (including phenoxy) is 4. The van der Waals surface area contributed by atoms with Crippen LogP contribution in [0.15, 0.2) is 122 Å². The number of carbonyl (C=O) groups is 4. The van der Waals surface area contributed by atoms with Gasteiger partial charge in [0.15, 0.2) is 12.2 Å². The first kappa shape index (κ1) is 97.5. The van der Waals surface area contributed by atoms with Crippen molar-refractivity contribution in [2.24, 2.45) is 0 Å². The van der Waals surface area contributed by atoms with Gasteiger partial charge in [0, 0.05) is 25.7 Å². The molecule has 0 aromatic carbocycles. The highest BCUT2D eigenvalue weighted by atomic mass is 31.2. The maximum Gasteiger partial charge on any atom is 0.472 e. The number of unbranched alkanes of at least 4 members (excludes halogenated alkanes) is 28. The van der Waals surface area contributed by atoms with Crippen LogP contribution in [-0.4, -0.2) is 96.7 Å². The van der Waals surface area contributed by atoms with Crippen LogP contribution in [0.4, 0.5) is 0 Å². The Balaban J connectivity index is 5.41. The van der Waals surface area contributed by atoms with Gasteiger partial charge in [0.2, 0.25) is 0 Å². The van der Waals surface area contributed by atoms with E-state index in [1.165, 1.54) is 89.9 Å². The molecule has 0 heterocycles. The number of hydrogen-bond acceptors (Lipinski definition) is 15. The summed E-state index contributed by atoms with van der Waals surface area (Å²) in [6.07, 6.45) is 81.8. The maximum atomic E-state index is 13.1. The summed E-state index contributed by atoms with van der Waals surface area (Å²) in [6, 6.07) is 0. The van der Waals surface area contributed by atoms with Gasteiger partial charge in [-0.1, -0.05) is 284 Å². The van der Waals surface area contributed by atoms with Crippen molar-refractivity contribution >= 4 is 39.5 Å². The highest BCUT2D eigenvalue weighted by molar-refractivity contribution is 7.47. The molecule has 0 amide bonds. The Morgan fingerprint density at radius 2 is 0.510 bits per heavy atom. The number of carbonyl (C=O) groups excluding carboxylic acids is 4. The molecule has 0 spiro atoms. The smallest absolute Gasteiger partial charge is 0.462 e. The molecule has 0 radical (unpaired) electrons. The summed E-state index contributed by atoms with van der Waals surface area (Å²) in [7, 11) is -9.98. The summed E-state index contributed by atoms with van der Waals surface area (Å²) in [5, 5.41) is 10.6. The molecule has 102 heavy (non-hydrogen) atoms. The molecule has 19 heteroatoms. The van der Waals surface area contributed by atoms with Crippen LogP contribution in [0.25, 0.3) is 0 Å². The number of phosphoric acid groups is 2. The van der Waals surface area contributed by atoms with Crippen LogP contribution in [0.5, 0.6) is 0 Å². The van der Waals surface area contributed by atoms with Gasteiger partial charge < -0.3 is 33.8 Å². The second-order valence-corrected chi connectivity index (χ2v) is 29.2. The topological polar surface area (TPSA) is 237 Å². The fourth-order valence-corrected chi connectivity index (χ4v) is 12.0. The minimum atomic E-state index is -4.99. The molecule has 0 fully saturated rings. The Morgan fingerprint density at radius 1 is 0.284 bits per heavy atom. The van der Waals surface area contributed by atoms with Crippen molar-refractivity contribution in [3.05, 3.63) is 122 Å². The molecular formula is C83H142O17P2. The molecule has 0 aromatic heterocycles. The highest BCUT2D eigenvalue weighted by Crippen LogP contribution is 2.45. The lowest BCUT2D eigenvalue weighted by atomic mass is 10.0. The van der Waals surface area contributed by atoms with E-state index in [-0.39, 0.29) is 25.7 Å². The first-order valence-corrected chi connectivity index (χ1v) is 42.8. The van der Waals surface area contributed by atoms with Crippen molar-refractivity contribution < 1.29 is 80.2 Å². The molecule has 0 saturated heterocycles. The van der Waals surface area contributed by atoms with Gasteiger partial charge in [0.1, 0.15) is 19.3 Å². The lowest BCUT2D eigenvalue weighted by Gasteiger charge is -2.21. The van der Waals surface area contributed by atoms with Crippen molar-refractivity contribution in [2.45, 2.75) is 341 Å². The van der Waals surface area contributed by atoms with E-state index in [1.807, 2.05) is 0 Å². The highest BCUT2D eigenvalue weighted by Gasteiger charge is 2.30. The third kappa shape index (κ3) is 73.8. The summed E-state index contributed by atoms with van der Waals surface area (Å²) in [4.78, 5) is 73.0. The van der Waals surface area contributed by atoms with Gasteiger partial charge in [-0.3, -0.25) is 37.3 Å². The minimum Gasteiger partial charge on any atom is -0.462 e. The number of phosphoric ester groups is 2. The Kier molecular flexibility index (Phi) is 71.4. The zero-order valence-electron chi connectivity index (χ0n) is 64.0. The average molecular weight is 1470 g/mol. The fourth-order valence-electron chi connectivity index (χ4n) is 10.4. The van der Waals surface area contributed by atoms with E-state index in [2.05, 4.69) is 149 Å². The molecule has 0 aromatic rings. The number of esters is 4. The predicted octanol–water partition coefficient (Wildman–Crippen LogP) is 23.1. The third-order valence-corrected chi connectivity index (χ3v) is 18.3. The van der Waals surface area contributed by atoms with Crippen LogP contribution < -0.4 is 0 Å². The van der Waals surface area contributed by atoms with Crippen LogP contribution in [0, 0.1) is 0 Å². The van der Waals surface area contributed by atoms with Gasteiger partial charge in [0.05, 0.1) is 26.4 Å². The lowest BCUT2D eigenvalue weighted by Crippen LogP contribution is -2.30. The summed E-state index contributed by atoms with van der Waals surface area (Å²) < 4.78 is 68.5. The second kappa shape index (κ2) is 74.7. The normalized spacial score (nSPS) is 14.5. The number of rotatable bonds is 74. The quantitative estimate of drug-likeness (QED) is 0.0169. The lowest BCUT2D eigenvalue weighted by molar-refractivity contribution is -0.161. The van der Waals surface area contributed by atoms with Crippen LogP contribution in [0.1, 0.15) is 323 Å². The molecule has 0 aliphatic carbocycles. The van der Waals surface area contributed by atoms with Crippen molar-refractivity contribution in [3.8, 4) is 0 Å². The average Bonchev–Trinajstić information content (AvgIpc) is 0.924. The van der Waals surface area contributed by atoms with Gasteiger partial charge in [-0.15, -0.1) is 0 Å². The molecule has 0 bridgehead atoms. The number of aliphatic hydroxyl groups is 1. The van der Waals surface area contributed by atoms with Crippen molar-refractivity contribution in [3.63, 3.8) is 0 Å². The molecule has 3 N–H and O–H groups in total. The second-order valence-electron chi connectivity index (χ2n) is 26.2. The van der Waals surface area contributed by atoms with E-state index in [0.29, 0.717) is 25.7 Å². The van der Waals surface area contributed by atoms with Crippen molar-refractivity contribution in [1.82, 2.24) is 0 Å². The van der Waals surface area contributed by atoms with E-state index in [4.69, 9.17) is 37.0 Å². The monoisotopic (exact) mass is 1470 g/mol. The number of hydrogen-bond donors (Lipinski definition) is 3. The Hall–Kier alpha value is -4.54. The number of allylic oxidation sites excluding steroid dienone is 20. The molecular weight excluding hydrogens is 1330 g/mol. The van der Waals surface area contributed by atoms with E-state index in [1.54, 1.807) is 0 Å². The Labute approximate surface area is 619 Å². The van der Waals surface area contributed by atoms with Crippen molar-refractivity contribution in [1.29, 1.82) is 0 Å². The standard InChI is InChI=1S/C83H142O17P2/c1-5-9-13-17-21-25-29-33-36-37-38-39-42-45-48-52-56-60-64-68-81(86)94-74-79(100-83(88)70-66-62-58-54-50-46-41-35-31-27-23-19-15-11-7-3)76-98-102(91,92)96-72-77(84)71-95-101(89,90)97-75-78(99-82(87)69-65-61-57-53-49-43-32-28-24-20-16-12-8-4)73-93-80(85)67-63-59-55-51-47-44-40-34-30-26-22-18-14-10-6-2/h9-10,13-14,21-22,25-26,33-36,38-41,45,47-48,51,77-79,84H,5-8,11-12,15-20,23-24,27-32,37,42-44,46,49-50,52-76H2,1-4H3,(H,89,90)(H,91,92)/b13-9-,14-10-,25-21-,26-22-,36-33-,39-38-,40-34-,41-35-,48-45-,51-47-. The molecule has 5 unspecified atom stereocenters. The van der Waals surface area contributed by atoms with Gasteiger partial charge in [-0.05, 0) is 135 Å². The first-order chi connectivity index (χ1) is 49.7. The van der Waals surface area contributed by atoms with Crippen LogP contribution in [0.3, 0.4) is 0 Å². The predicted molar refractivity (Wildman–Crippen MR) is 418 cm³/mol. The summed E-state index contributed by atoms with van der Waals surface area (Å²) in [6.45, 7) is 4.57. The Bertz CT molecular complexity index is 2410. The van der Waals surface area contributed by atoms with Crippen molar-refractivity contribution in [2.75, 3.05) is 39.6 Å².